The zero-order chi connectivity index (χ0) is 21.5. The lowest BCUT2D eigenvalue weighted by molar-refractivity contribution is -0.141. The molecule has 4 heterocycles. The van der Waals surface area contributed by atoms with E-state index >= 15 is 0 Å². The summed E-state index contributed by atoms with van der Waals surface area (Å²) in [5.41, 5.74) is -1.44. The highest BCUT2D eigenvalue weighted by atomic mass is 19.4. The minimum atomic E-state index is -4.81. The van der Waals surface area contributed by atoms with E-state index in [4.69, 9.17) is 9.47 Å². The molecule has 30 heavy (non-hydrogen) atoms. The summed E-state index contributed by atoms with van der Waals surface area (Å²) in [5.74, 6) is -1.78. The quantitative estimate of drug-likeness (QED) is 0.543. The van der Waals surface area contributed by atoms with Crippen molar-refractivity contribution in [3.63, 3.8) is 0 Å². The molecule has 164 valence electrons. The molecule has 0 saturated carbocycles. The summed E-state index contributed by atoms with van der Waals surface area (Å²) in [6, 6.07) is 1.46. The zero-order valence-corrected chi connectivity index (χ0v) is 16.0. The van der Waals surface area contributed by atoms with Crippen LogP contribution in [0, 0.1) is 17.8 Å². The van der Waals surface area contributed by atoms with Gasteiger partial charge in [0.2, 0.25) is 11.8 Å². The molecule has 0 aromatic carbocycles. The number of rotatable bonds is 3. The molecule has 0 aliphatic carbocycles. The molecule has 2 amide bonds. The first-order chi connectivity index (χ1) is 14.2. The molecule has 0 bridgehead atoms. The van der Waals surface area contributed by atoms with Crippen LogP contribution in [0.3, 0.4) is 0 Å². The molecule has 11 heteroatoms. The van der Waals surface area contributed by atoms with Crippen molar-refractivity contribution in [2.24, 2.45) is 11.8 Å². The van der Waals surface area contributed by atoms with Gasteiger partial charge in [-0.05, 0) is 12.5 Å². The Kier molecular flexibility index (Phi) is 5.56. The summed E-state index contributed by atoms with van der Waals surface area (Å²) in [6.45, 7) is 2.20. The number of amides is 2. The molecule has 0 N–H and O–H groups in total. The Morgan fingerprint density at radius 2 is 2.00 bits per heavy atom. The fraction of sp³-hybridized carbons (Fsp3) is 0.632. The van der Waals surface area contributed by atoms with E-state index in [2.05, 4.69) is 4.98 Å². The highest BCUT2D eigenvalue weighted by Crippen LogP contribution is 2.32. The maximum Gasteiger partial charge on any atom is 0.420 e. The van der Waals surface area contributed by atoms with Gasteiger partial charge in [-0.3, -0.25) is 4.79 Å². The molecule has 7 nitrogen and oxygen atoms in total. The maximum absolute atomic E-state index is 13.5. The van der Waals surface area contributed by atoms with Gasteiger partial charge in [-0.1, -0.05) is 0 Å². The van der Waals surface area contributed by atoms with Crippen LogP contribution in [-0.4, -0.2) is 72.1 Å². The minimum absolute atomic E-state index is 0.0155. The minimum Gasteiger partial charge on any atom is -0.477 e. The highest BCUT2D eigenvalue weighted by Gasteiger charge is 2.40. The van der Waals surface area contributed by atoms with Crippen molar-refractivity contribution in [2.45, 2.75) is 25.1 Å². The lowest BCUT2D eigenvalue weighted by Crippen LogP contribution is -2.59. The van der Waals surface area contributed by atoms with E-state index < -0.39 is 17.7 Å². The molecule has 1 aromatic heterocycles. The van der Waals surface area contributed by atoms with E-state index in [1.54, 1.807) is 9.80 Å². The molecule has 4 rings (SSSR count). The molecular weight excluding hydrogens is 410 g/mol. The Hall–Kier alpha value is -2.43. The number of fused-ring (bicyclic) bond motifs is 1. The standard InChI is InChI=1S/C19H21F4N3O4/c20-17-14(19(21,22)23)1-2-16(24-17)30-9-11-6-26(7-11)18(28)25-4-3-15-12(8-25)5-13(27)10-29-15/h1-2,11-12,15H,3-10H2/t12-,15+/m1/s1. The van der Waals surface area contributed by atoms with Crippen LogP contribution in [-0.2, 0) is 15.7 Å². The van der Waals surface area contributed by atoms with E-state index in [9.17, 15) is 27.2 Å². The third-order valence-electron chi connectivity index (χ3n) is 5.71. The summed E-state index contributed by atoms with van der Waals surface area (Å²) in [6.07, 6.45) is -3.65. The molecule has 0 radical (unpaired) electrons. The largest absolute Gasteiger partial charge is 0.477 e. The van der Waals surface area contributed by atoms with Crippen molar-refractivity contribution in [3.05, 3.63) is 23.6 Å². The van der Waals surface area contributed by atoms with Gasteiger partial charge >= 0.3 is 12.2 Å². The maximum atomic E-state index is 13.5. The van der Waals surface area contributed by atoms with Crippen molar-refractivity contribution in [1.82, 2.24) is 14.8 Å². The second-order valence-electron chi connectivity index (χ2n) is 7.94. The van der Waals surface area contributed by atoms with Gasteiger partial charge in [-0.2, -0.15) is 22.5 Å². The summed E-state index contributed by atoms with van der Waals surface area (Å²) < 4.78 is 62.0. The van der Waals surface area contributed by atoms with Gasteiger partial charge in [0.05, 0.1) is 12.7 Å². The van der Waals surface area contributed by atoms with Crippen molar-refractivity contribution in [2.75, 3.05) is 39.4 Å². The monoisotopic (exact) mass is 431 g/mol. The molecule has 0 spiro atoms. The van der Waals surface area contributed by atoms with Gasteiger partial charge < -0.3 is 19.3 Å². The average Bonchev–Trinajstić information content (AvgIpc) is 2.65. The molecule has 3 aliphatic rings. The summed E-state index contributed by atoms with van der Waals surface area (Å²) in [7, 11) is 0. The number of piperidine rings is 1. The first kappa shape index (κ1) is 20.8. The highest BCUT2D eigenvalue weighted by molar-refractivity contribution is 5.81. The number of alkyl halides is 3. The van der Waals surface area contributed by atoms with Crippen LogP contribution in [0.15, 0.2) is 12.1 Å². The number of ketones is 1. The van der Waals surface area contributed by atoms with Crippen LogP contribution in [0.25, 0.3) is 0 Å². The molecule has 3 aliphatic heterocycles. The fourth-order valence-electron chi connectivity index (χ4n) is 4.10. The lowest BCUT2D eigenvalue weighted by atomic mass is 9.88. The Bertz CT molecular complexity index is 828. The number of ether oxygens (including phenoxy) is 2. The van der Waals surface area contributed by atoms with Gasteiger partial charge in [0.15, 0.2) is 5.78 Å². The van der Waals surface area contributed by atoms with Crippen LogP contribution >= 0.6 is 0 Å². The Balaban J connectivity index is 1.23. The molecule has 2 atom stereocenters. The van der Waals surface area contributed by atoms with E-state index in [0.29, 0.717) is 45.1 Å². The van der Waals surface area contributed by atoms with Crippen molar-refractivity contribution in [3.8, 4) is 5.88 Å². The number of carbonyl (C=O) groups excluding carboxylic acids is 2. The summed E-state index contributed by atoms with van der Waals surface area (Å²) in [5, 5.41) is 0. The van der Waals surface area contributed by atoms with Gasteiger partial charge in [0.25, 0.3) is 0 Å². The number of nitrogens with zero attached hydrogens (tertiary/aromatic N) is 3. The number of likely N-dealkylation sites (tertiary alicyclic amines) is 2. The lowest BCUT2D eigenvalue weighted by Gasteiger charge is -2.45. The second-order valence-corrected chi connectivity index (χ2v) is 7.94. The van der Waals surface area contributed by atoms with Gasteiger partial charge in [-0.15, -0.1) is 0 Å². The predicted octanol–water partition coefficient (Wildman–Crippen LogP) is 2.35. The summed E-state index contributed by atoms with van der Waals surface area (Å²) >= 11 is 0. The van der Waals surface area contributed by atoms with Gasteiger partial charge in [-0.25, -0.2) is 4.79 Å². The van der Waals surface area contributed by atoms with Crippen LogP contribution in [0.2, 0.25) is 0 Å². The number of hydrogen-bond acceptors (Lipinski definition) is 5. The predicted molar refractivity (Wildman–Crippen MR) is 94.2 cm³/mol. The van der Waals surface area contributed by atoms with Gasteiger partial charge in [0, 0.05) is 50.5 Å². The van der Waals surface area contributed by atoms with Crippen molar-refractivity contribution < 1.29 is 36.6 Å². The number of aromatic nitrogens is 1. The van der Waals surface area contributed by atoms with Crippen molar-refractivity contribution >= 4 is 11.8 Å². The zero-order valence-electron chi connectivity index (χ0n) is 16.0. The van der Waals surface area contributed by atoms with Crippen molar-refractivity contribution in [1.29, 1.82) is 0 Å². The number of Topliss-reactive ketones (excluding diaryl/α,β-unsaturated/α-hetero) is 1. The summed E-state index contributed by atoms with van der Waals surface area (Å²) in [4.78, 5) is 30.8. The Morgan fingerprint density at radius 3 is 2.70 bits per heavy atom. The molecule has 3 saturated heterocycles. The molecular formula is C19H21F4N3O4. The average molecular weight is 431 g/mol. The molecule has 3 fully saturated rings. The SMILES string of the molecule is O=C1CO[C@H]2CCN(C(=O)N3CC(COc4ccc(C(F)(F)F)c(F)n4)C3)C[C@H]2C1. The van der Waals surface area contributed by atoms with Crippen LogP contribution in [0.1, 0.15) is 18.4 Å². The topological polar surface area (TPSA) is 72.0 Å². The number of carbonyl (C=O) groups is 2. The fourth-order valence-corrected chi connectivity index (χ4v) is 4.10. The van der Waals surface area contributed by atoms with E-state index in [1.807, 2.05) is 0 Å². The van der Waals surface area contributed by atoms with E-state index in [-0.39, 0.29) is 48.8 Å². The first-order valence-electron chi connectivity index (χ1n) is 9.74. The molecule has 1 aromatic rings. The Morgan fingerprint density at radius 1 is 1.23 bits per heavy atom. The van der Waals surface area contributed by atoms with E-state index in [0.717, 1.165) is 6.07 Å². The van der Waals surface area contributed by atoms with Crippen LogP contribution in [0.5, 0.6) is 5.88 Å². The van der Waals surface area contributed by atoms with E-state index in [1.165, 1.54) is 0 Å². The number of halogens is 4. The Labute approximate surface area is 169 Å². The molecule has 0 unspecified atom stereocenters. The van der Waals surface area contributed by atoms with Crippen LogP contribution in [0.4, 0.5) is 22.4 Å². The third-order valence-corrected chi connectivity index (χ3v) is 5.71. The van der Waals surface area contributed by atoms with Gasteiger partial charge in [0.1, 0.15) is 12.2 Å². The second kappa shape index (κ2) is 8.01. The normalized spacial score (nSPS) is 25.0. The smallest absolute Gasteiger partial charge is 0.420 e. The number of pyridine rings is 1. The first-order valence-corrected chi connectivity index (χ1v) is 9.74. The number of urea groups is 1. The van der Waals surface area contributed by atoms with Crippen LogP contribution < -0.4 is 4.74 Å². The number of hydrogen-bond donors (Lipinski definition) is 0. The third kappa shape index (κ3) is 4.35.